The van der Waals surface area contributed by atoms with Gasteiger partial charge in [0.25, 0.3) is 5.56 Å². The molecule has 2 heterocycles. The molecule has 0 saturated carbocycles. The van der Waals surface area contributed by atoms with E-state index in [0.717, 1.165) is 18.1 Å². The Kier molecular flexibility index (Phi) is 2.74. The number of rotatable bonds is 3. The van der Waals surface area contributed by atoms with Gasteiger partial charge in [0.05, 0.1) is 6.33 Å². The molecule has 0 saturated heterocycles. The molecule has 0 aliphatic rings. The fourth-order valence-corrected chi connectivity index (χ4v) is 1.69. The van der Waals surface area contributed by atoms with Crippen LogP contribution in [0, 0.1) is 0 Å². The molecule has 0 aromatic carbocycles. The van der Waals surface area contributed by atoms with Crippen LogP contribution < -0.4 is 5.56 Å². The summed E-state index contributed by atoms with van der Waals surface area (Å²) >= 11 is 1.14. The van der Waals surface area contributed by atoms with Crippen molar-refractivity contribution in [2.24, 2.45) is 0 Å². The molecule has 2 aromatic rings. The van der Waals surface area contributed by atoms with Crippen LogP contribution in [0.4, 0.5) is 0 Å². The van der Waals surface area contributed by atoms with Crippen molar-refractivity contribution in [3.63, 3.8) is 0 Å². The third-order valence-electron chi connectivity index (χ3n) is 2.04. The van der Waals surface area contributed by atoms with E-state index in [4.69, 9.17) is 0 Å². The van der Waals surface area contributed by atoms with Crippen LogP contribution in [0.1, 0.15) is 0 Å². The first-order chi connectivity index (χ1) is 7.18. The second-order valence-electron chi connectivity index (χ2n) is 3.47. The molecule has 0 amide bonds. The summed E-state index contributed by atoms with van der Waals surface area (Å²) in [7, 11) is 3.92. The highest BCUT2D eigenvalue weighted by Gasteiger charge is 2.07. The normalized spacial score (nSPS) is 11.4. The van der Waals surface area contributed by atoms with Crippen molar-refractivity contribution in [2.45, 2.75) is 6.54 Å². The van der Waals surface area contributed by atoms with Gasteiger partial charge in [-0.15, -0.1) is 5.10 Å². The predicted octanol–water partition coefficient (Wildman–Crippen LogP) is -0.190. The van der Waals surface area contributed by atoms with Crippen LogP contribution in [0.5, 0.6) is 0 Å². The van der Waals surface area contributed by atoms with Crippen LogP contribution >= 0.6 is 11.5 Å². The highest BCUT2D eigenvalue weighted by Crippen LogP contribution is 2.05. The summed E-state index contributed by atoms with van der Waals surface area (Å²) < 4.78 is 5.26. The second-order valence-corrected chi connectivity index (χ2v) is 4.21. The zero-order valence-electron chi connectivity index (χ0n) is 8.54. The lowest BCUT2D eigenvalue weighted by Crippen LogP contribution is -2.26. The fourth-order valence-electron chi connectivity index (χ4n) is 1.18. The Labute approximate surface area is 90.3 Å². The lowest BCUT2D eigenvalue weighted by Gasteiger charge is -2.10. The summed E-state index contributed by atoms with van der Waals surface area (Å²) in [5, 5.41) is 3.77. The smallest absolute Gasteiger partial charge is 0.282 e. The van der Waals surface area contributed by atoms with Gasteiger partial charge in [-0.05, 0) is 14.1 Å². The lowest BCUT2D eigenvalue weighted by atomic mass is 10.5. The number of likely N-dealkylation sites (N-methyl/N-ethyl adjacent to an activating group) is 1. The van der Waals surface area contributed by atoms with E-state index in [2.05, 4.69) is 14.6 Å². The van der Waals surface area contributed by atoms with Crippen LogP contribution in [0.25, 0.3) is 10.3 Å². The zero-order valence-corrected chi connectivity index (χ0v) is 9.36. The van der Waals surface area contributed by atoms with Crippen LogP contribution in [-0.4, -0.2) is 44.7 Å². The van der Waals surface area contributed by atoms with Crippen molar-refractivity contribution >= 4 is 21.9 Å². The summed E-state index contributed by atoms with van der Waals surface area (Å²) in [4.78, 5) is 18.5. The van der Waals surface area contributed by atoms with Crippen LogP contribution in [0.2, 0.25) is 0 Å². The van der Waals surface area contributed by atoms with Crippen molar-refractivity contribution in [3.8, 4) is 0 Å². The minimum atomic E-state index is -0.115. The van der Waals surface area contributed by atoms with Crippen molar-refractivity contribution in [2.75, 3.05) is 20.6 Å². The van der Waals surface area contributed by atoms with E-state index in [1.165, 1.54) is 0 Å². The van der Waals surface area contributed by atoms with Gasteiger partial charge < -0.3 is 4.90 Å². The van der Waals surface area contributed by atoms with E-state index >= 15 is 0 Å². The molecule has 0 fully saturated rings. The minimum Gasteiger partial charge on any atom is -0.308 e. The Morgan fingerprint density at radius 3 is 3.07 bits per heavy atom. The molecule has 0 aliphatic carbocycles. The number of nitrogens with zero attached hydrogens (tertiary/aromatic N) is 5. The second kappa shape index (κ2) is 4.03. The molecular formula is C8H11N5OS. The van der Waals surface area contributed by atoms with Gasteiger partial charge in [0.2, 0.25) is 0 Å². The minimum absolute atomic E-state index is 0.115. The predicted molar refractivity (Wildman–Crippen MR) is 58.0 cm³/mol. The highest BCUT2D eigenvalue weighted by atomic mass is 32.1. The standard InChI is InChI=1S/C8H11N5OS/c1-12(2)3-4-13-5-9-7-6(8(13)14)10-11-15-7/h5H,3-4H2,1-2H3. The van der Waals surface area contributed by atoms with Gasteiger partial charge in [-0.1, -0.05) is 4.49 Å². The number of fused-ring (bicyclic) bond motifs is 1. The molecule has 15 heavy (non-hydrogen) atoms. The van der Waals surface area contributed by atoms with E-state index in [-0.39, 0.29) is 5.56 Å². The molecule has 7 heteroatoms. The molecule has 0 bridgehead atoms. The van der Waals surface area contributed by atoms with Gasteiger partial charge in [0.15, 0.2) is 10.3 Å². The van der Waals surface area contributed by atoms with E-state index in [1.807, 2.05) is 19.0 Å². The highest BCUT2D eigenvalue weighted by molar-refractivity contribution is 7.12. The molecule has 0 radical (unpaired) electrons. The van der Waals surface area contributed by atoms with Gasteiger partial charge >= 0.3 is 0 Å². The van der Waals surface area contributed by atoms with Crippen molar-refractivity contribution in [1.29, 1.82) is 0 Å². The Morgan fingerprint density at radius 1 is 1.53 bits per heavy atom. The first-order valence-electron chi connectivity index (χ1n) is 4.50. The maximum Gasteiger partial charge on any atom is 0.282 e. The molecule has 0 atom stereocenters. The largest absolute Gasteiger partial charge is 0.308 e. The summed E-state index contributed by atoms with van der Waals surface area (Å²) in [6, 6.07) is 0. The van der Waals surface area contributed by atoms with Gasteiger partial charge in [0.1, 0.15) is 0 Å². The quantitative estimate of drug-likeness (QED) is 0.724. The first-order valence-corrected chi connectivity index (χ1v) is 5.28. The first kappa shape index (κ1) is 10.2. The zero-order chi connectivity index (χ0) is 10.8. The fraction of sp³-hybridized carbons (Fsp3) is 0.500. The Morgan fingerprint density at radius 2 is 2.33 bits per heavy atom. The lowest BCUT2D eigenvalue weighted by molar-refractivity contribution is 0.380. The molecule has 0 aliphatic heterocycles. The average Bonchev–Trinajstić information content (AvgIpc) is 2.65. The topological polar surface area (TPSA) is 63.9 Å². The van der Waals surface area contributed by atoms with E-state index in [1.54, 1.807) is 10.9 Å². The maximum atomic E-state index is 11.8. The third-order valence-corrected chi connectivity index (χ3v) is 2.67. The molecule has 80 valence electrons. The van der Waals surface area contributed by atoms with Gasteiger partial charge in [0, 0.05) is 24.6 Å². The average molecular weight is 225 g/mol. The molecule has 6 nitrogen and oxygen atoms in total. The third kappa shape index (κ3) is 2.02. The van der Waals surface area contributed by atoms with Gasteiger partial charge in [-0.2, -0.15) is 0 Å². The molecule has 2 aromatic heterocycles. The maximum absolute atomic E-state index is 11.8. The molecule has 0 N–H and O–H groups in total. The summed E-state index contributed by atoms with van der Waals surface area (Å²) in [5.41, 5.74) is 0.247. The van der Waals surface area contributed by atoms with Gasteiger partial charge in [-0.3, -0.25) is 9.36 Å². The van der Waals surface area contributed by atoms with E-state index < -0.39 is 0 Å². The molecule has 0 unspecified atom stereocenters. The number of hydrogen-bond acceptors (Lipinski definition) is 6. The van der Waals surface area contributed by atoms with Crippen molar-refractivity contribution in [1.82, 2.24) is 24.0 Å². The number of hydrogen-bond donors (Lipinski definition) is 0. The molecule has 0 spiro atoms. The Hall–Kier alpha value is -1.34. The Bertz CT molecular complexity index is 517. The Balaban J connectivity index is 2.36. The van der Waals surface area contributed by atoms with E-state index in [9.17, 15) is 4.79 Å². The van der Waals surface area contributed by atoms with E-state index in [0.29, 0.717) is 16.9 Å². The van der Waals surface area contributed by atoms with Crippen LogP contribution in [0.3, 0.4) is 0 Å². The summed E-state index contributed by atoms with van der Waals surface area (Å²) in [6.07, 6.45) is 1.55. The van der Waals surface area contributed by atoms with Crippen LogP contribution in [0.15, 0.2) is 11.1 Å². The molecule has 2 rings (SSSR count). The molecular weight excluding hydrogens is 214 g/mol. The van der Waals surface area contributed by atoms with Gasteiger partial charge in [-0.25, -0.2) is 4.98 Å². The monoisotopic (exact) mass is 225 g/mol. The van der Waals surface area contributed by atoms with Crippen molar-refractivity contribution < 1.29 is 0 Å². The number of aromatic nitrogens is 4. The summed E-state index contributed by atoms with van der Waals surface area (Å²) in [6.45, 7) is 1.41. The summed E-state index contributed by atoms with van der Waals surface area (Å²) in [5.74, 6) is 0. The van der Waals surface area contributed by atoms with Crippen molar-refractivity contribution in [3.05, 3.63) is 16.7 Å². The van der Waals surface area contributed by atoms with Crippen LogP contribution in [-0.2, 0) is 6.54 Å². The SMILES string of the molecule is CN(C)CCn1cnc2snnc2c1=O.